The van der Waals surface area contributed by atoms with Crippen molar-refractivity contribution in [1.29, 1.82) is 0 Å². The van der Waals surface area contributed by atoms with E-state index in [1.807, 2.05) is 30.3 Å². The van der Waals surface area contributed by atoms with E-state index >= 15 is 0 Å². The maximum absolute atomic E-state index is 11.2. The Labute approximate surface area is 120 Å². The fourth-order valence-corrected chi connectivity index (χ4v) is 2.03. The van der Waals surface area contributed by atoms with Crippen LogP contribution in [0.2, 0.25) is 0 Å². The number of nitrogen functional groups attached to an aromatic ring is 1. The van der Waals surface area contributed by atoms with Crippen molar-refractivity contribution >= 4 is 34.1 Å². The SMILES string of the molecule is Nc1cnc(Nc2ccc3ncccc3c2)c(C(=O)O)c1. The summed E-state index contributed by atoms with van der Waals surface area (Å²) < 4.78 is 0. The van der Waals surface area contributed by atoms with E-state index in [0.29, 0.717) is 5.69 Å². The van der Waals surface area contributed by atoms with Gasteiger partial charge >= 0.3 is 5.97 Å². The number of carbonyl (C=O) groups is 1. The van der Waals surface area contributed by atoms with Crippen molar-refractivity contribution in [3.05, 3.63) is 54.4 Å². The number of rotatable bonds is 3. The topological polar surface area (TPSA) is 101 Å². The molecule has 2 aromatic heterocycles. The molecule has 0 bridgehead atoms. The minimum Gasteiger partial charge on any atom is -0.478 e. The maximum atomic E-state index is 11.2. The number of fused-ring (bicyclic) bond motifs is 1. The fraction of sp³-hybridized carbons (Fsp3) is 0. The van der Waals surface area contributed by atoms with Gasteiger partial charge in [0.2, 0.25) is 0 Å². The molecule has 1 aromatic carbocycles. The predicted octanol–water partition coefficient (Wildman–Crippen LogP) is 2.65. The maximum Gasteiger partial charge on any atom is 0.339 e. The second-order valence-electron chi connectivity index (χ2n) is 4.51. The van der Waals surface area contributed by atoms with Gasteiger partial charge in [0.05, 0.1) is 17.4 Å². The summed E-state index contributed by atoms with van der Waals surface area (Å²) in [6, 6.07) is 10.7. The molecule has 21 heavy (non-hydrogen) atoms. The Kier molecular flexibility index (Phi) is 3.12. The number of nitrogens with one attached hydrogen (secondary N) is 1. The monoisotopic (exact) mass is 280 g/mol. The number of nitrogens with two attached hydrogens (primary N) is 1. The molecular formula is C15H12N4O2. The van der Waals surface area contributed by atoms with Crippen LogP contribution in [-0.2, 0) is 0 Å². The largest absolute Gasteiger partial charge is 0.478 e. The van der Waals surface area contributed by atoms with Crippen LogP contribution in [0.1, 0.15) is 10.4 Å². The molecule has 104 valence electrons. The van der Waals surface area contributed by atoms with Gasteiger partial charge in [-0.1, -0.05) is 6.07 Å². The average Bonchev–Trinajstić information content (AvgIpc) is 2.49. The third kappa shape index (κ3) is 2.59. The summed E-state index contributed by atoms with van der Waals surface area (Å²) in [6.07, 6.45) is 3.14. The molecule has 0 aliphatic carbocycles. The van der Waals surface area contributed by atoms with E-state index in [2.05, 4.69) is 15.3 Å². The molecule has 3 rings (SSSR count). The molecule has 0 atom stereocenters. The van der Waals surface area contributed by atoms with Gasteiger partial charge in [-0.15, -0.1) is 0 Å². The highest BCUT2D eigenvalue weighted by Gasteiger charge is 2.12. The van der Waals surface area contributed by atoms with Crippen LogP contribution >= 0.6 is 0 Å². The minimum absolute atomic E-state index is 0.0290. The van der Waals surface area contributed by atoms with Crippen molar-refractivity contribution in [1.82, 2.24) is 9.97 Å². The van der Waals surface area contributed by atoms with Gasteiger partial charge in [-0.05, 0) is 30.3 Å². The first-order valence-corrected chi connectivity index (χ1v) is 6.24. The van der Waals surface area contributed by atoms with Crippen LogP contribution in [0.3, 0.4) is 0 Å². The quantitative estimate of drug-likeness (QED) is 0.681. The van der Waals surface area contributed by atoms with E-state index in [0.717, 1.165) is 16.6 Å². The summed E-state index contributed by atoms with van der Waals surface area (Å²) in [4.78, 5) is 19.5. The van der Waals surface area contributed by atoms with Crippen molar-refractivity contribution in [3.63, 3.8) is 0 Å². The zero-order chi connectivity index (χ0) is 14.8. The van der Waals surface area contributed by atoms with Crippen molar-refractivity contribution in [2.75, 3.05) is 11.1 Å². The molecule has 0 radical (unpaired) electrons. The summed E-state index contributed by atoms with van der Waals surface area (Å²) in [5.74, 6) is -0.834. The minimum atomic E-state index is -1.08. The second kappa shape index (κ2) is 5.09. The Morgan fingerprint density at radius 1 is 1.19 bits per heavy atom. The second-order valence-corrected chi connectivity index (χ2v) is 4.51. The van der Waals surface area contributed by atoms with Gasteiger partial charge in [0.15, 0.2) is 0 Å². The van der Waals surface area contributed by atoms with Gasteiger partial charge in [0.1, 0.15) is 11.4 Å². The molecule has 0 aliphatic heterocycles. The molecule has 0 saturated carbocycles. The summed E-state index contributed by atoms with van der Waals surface area (Å²) >= 11 is 0. The zero-order valence-corrected chi connectivity index (χ0v) is 10.9. The highest BCUT2D eigenvalue weighted by molar-refractivity contribution is 5.95. The number of pyridine rings is 2. The molecule has 0 saturated heterocycles. The van der Waals surface area contributed by atoms with Crippen LogP contribution in [0, 0.1) is 0 Å². The van der Waals surface area contributed by atoms with Crippen LogP contribution in [0.15, 0.2) is 48.8 Å². The lowest BCUT2D eigenvalue weighted by molar-refractivity contribution is 0.0697. The number of carboxylic acid groups (broad SMARTS) is 1. The number of aromatic carboxylic acids is 1. The summed E-state index contributed by atoms with van der Waals surface area (Å²) in [5, 5.41) is 13.1. The molecule has 6 heteroatoms. The van der Waals surface area contributed by atoms with Crippen molar-refractivity contribution in [2.45, 2.75) is 0 Å². The molecule has 0 spiro atoms. The van der Waals surface area contributed by atoms with E-state index in [1.165, 1.54) is 12.3 Å². The summed E-state index contributed by atoms with van der Waals surface area (Å²) in [7, 11) is 0. The van der Waals surface area contributed by atoms with Crippen LogP contribution in [0.5, 0.6) is 0 Å². The van der Waals surface area contributed by atoms with Gasteiger partial charge in [-0.25, -0.2) is 9.78 Å². The van der Waals surface area contributed by atoms with Crippen molar-refractivity contribution in [3.8, 4) is 0 Å². The Morgan fingerprint density at radius 2 is 2.05 bits per heavy atom. The van der Waals surface area contributed by atoms with Crippen LogP contribution in [0.25, 0.3) is 10.9 Å². The number of nitrogens with zero attached hydrogens (tertiary/aromatic N) is 2. The number of hydrogen-bond donors (Lipinski definition) is 3. The molecule has 3 aromatic rings. The summed E-state index contributed by atoms with van der Waals surface area (Å²) in [6.45, 7) is 0. The van der Waals surface area contributed by atoms with E-state index in [-0.39, 0.29) is 11.4 Å². The first-order valence-electron chi connectivity index (χ1n) is 6.24. The fourth-order valence-electron chi connectivity index (χ4n) is 2.03. The molecular weight excluding hydrogens is 268 g/mol. The number of benzene rings is 1. The standard InChI is InChI=1S/C15H12N4O2/c16-10-7-12(15(20)21)14(18-8-10)19-11-3-4-13-9(6-11)2-1-5-17-13/h1-8H,16H2,(H,18,19)(H,20,21). The first-order chi connectivity index (χ1) is 10.1. The van der Waals surface area contributed by atoms with Gasteiger partial charge < -0.3 is 16.2 Å². The van der Waals surface area contributed by atoms with E-state index < -0.39 is 5.97 Å². The molecule has 4 N–H and O–H groups in total. The van der Waals surface area contributed by atoms with Gasteiger partial charge in [-0.3, -0.25) is 4.98 Å². The first kappa shape index (κ1) is 12.9. The van der Waals surface area contributed by atoms with E-state index in [1.54, 1.807) is 6.20 Å². The highest BCUT2D eigenvalue weighted by Crippen LogP contribution is 2.23. The Morgan fingerprint density at radius 3 is 2.86 bits per heavy atom. The number of aromatic nitrogens is 2. The Hall–Kier alpha value is -3.15. The van der Waals surface area contributed by atoms with E-state index in [9.17, 15) is 9.90 Å². The smallest absolute Gasteiger partial charge is 0.339 e. The molecule has 6 nitrogen and oxygen atoms in total. The predicted molar refractivity (Wildman–Crippen MR) is 80.6 cm³/mol. The third-order valence-corrected chi connectivity index (χ3v) is 3.00. The van der Waals surface area contributed by atoms with Crippen LogP contribution in [-0.4, -0.2) is 21.0 Å². The van der Waals surface area contributed by atoms with Gasteiger partial charge in [-0.2, -0.15) is 0 Å². The summed E-state index contributed by atoms with van der Waals surface area (Å²) in [5.41, 5.74) is 7.51. The molecule has 0 amide bonds. The Bertz CT molecular complexity index is 833. The lowest BCUT2D eigenvalue weighted by Crippen LogP contribution is -2.06. The lowest BCUT2D eigenvalue weighted by atomic mass is 10.2. The number of carboxylic acids is 1. The third-order valence-electron chi connectivity index (χ3n) is 3.00. The van der Waals surface area contributed by atoms with Gasteiger partial charge in [0, 0.05) is 17.3 Å². The average molecular weight is 280 g/mol. The molecule has 2 heterocycles. The molecule has 0 aliphatic rings. The van der Waals surface area contributed by atoms with Crippen molar-refractivity contribution < 1.29 is 9.90 Å². The lowest BCUT2D eigenvalue weighted by Gasteiger charge is -2.09. The Balaban J connectivity index is 2.00. The van der Waals surface area contributed by atoms with Crippen molar-refractivity contribution in [2.24, 2.45) is 0 Å². The molecule has 0 unspecified atom stereocenters. The van der Waals surface area contributed by atoms with Gasteiger partial charge in [0.25, 0.3) is 0 Å². The normalized spacial score (nSPS) is 10.5. The van der Waals surface area contributed by atoms with Crippen LogP contribution in [0.4, 0.5) is 17.2 Å². The van der Waals surface area contributed by atoms with Crippen LogP contribution < -0.4 is 11.1 Å². The number of hydrogen-bond acceptors (Lipinski definition) is 5. The highest BCUT2D eigenvalue weighted by atomic mass is 16.4. The van der Waals surface area contributed by atoms with E-state index in [4.69, 9.17) is 5.73 Å². The number of anilines is 3. The molecule has 0 fully saturated rings. The zero-order valence-electron chi connectivity index (χ0n) is 10.9.